The fraction of sp³-hybridized carbons (Fsp3) is 0.364. The number of amides is 3. The normalized spacial score (nSPS) is 14.4. The number of piperidine rings is 1. The van der Waals surface area contributed by atoms with E-state index in [1.807, 2.05) is 38.1 Å². The zero-order chi connectivity index (χ0) is 19.9. The second kappa shape index (κ2) is 9.26. The smallest absolute Gasteiger partial charge is 0.321 e. The summed E-state index contributed by atoms with van der Waals surface area (Å²) in [5, 5.41) is 6.03. The summed E-state index contributed by atoms with van der Waals surface area (Å²) < 4.78 is 5.40. The summed E-state index contributed by atoms with van der Waals surface area (Å²) in [4.78, 5) is 26.7. The highest BCUT2D eigenvalue weighted by molar-refractivity contribution is 5.94. The Balaban J connectivity index is 1.47. The van der Waals surface area contributed by atoms with Crippen LogP contribution in [0.1, 0.15) is 35.7 Å². The average Bonchev–Trinajstić information content (AvgIpc) is 2.71. The molecule has 0 saturated carbocycles. The lowest BCUT2D eigenvalue weighted by Crippen LogP contribution is -2.47. The maximum Gasteiger partial charge on any atom is 0.321 e. The number of para-hydroxylation sites is 1. The number of carbonyl (C=O) groups is 2. The first-order valence-corrected chi connectivity index (χ1v) is 9.72. The van der Waals surface area contributed by atoms with E-state index >= 15 is 0 Å². The van der Waals surface area contributed by atoms with Crippen molar-refractivity contribution in [2.45, 2.75) is 32.7 Å². The fourth-order valence-corrected chi connectivity index (χ4v) is 3.27. The summed E-state index contributed by atoms with van der Waals surface area (Å²) >= 11 is 0. The van der Waals surface area contributed by atoms with Gasteiger partial charge in [0.2, 0.25) is 0 Å². The highest BCUT2D eigenvalue weighted by atomic mass is 16.5. The van der Waals surface area contributed by atoms with E-state index in [9.17, 15) is 9.59 Å². The lowest BCUT2D eigenvalue weighted by Gasteiger charge is -2.32. The minimum absolute atomic E-state index is 0.0709. The first-order valence-electron chi connectivity index (χ1n) is 9.72. The quantitative estimate of drug-likeness (QED) is 0.827. The number of carbonyl (C=O) groups excluding carboxylic acids is 2. The second-order valence-corrected chi connectivity index (χ2v) is 6.94. The van der Waals surface area contributed by atoms with E-state index in [2.05, 4.69) is 10.6 Å². The molecule has 0 aromatic heterocycles. The molecule has 1 fully saturated rings. The number of aryl methyl sites for hydroxylation is 1. The first-order chi connectivity index (χ1) is 13.6. The number of anilines is 1. The number of rotatable bonds is 5. The van der Waals surface area contributed by atoms with Gasteiger partial charge in [-0.3, -0.25) is 4.79 Å². The number of hydrogen-bond donors (Lipinski definition) is 2. The van der Waals surface area contributed by atoms with E-state index in [4.69, 9.17) is 4.74 Å². The Hall–Kier alpha value is -3.02. The number of urea groups is 1. The Morgan fingerprint density at radius 1 is 1.07 bits per heavy atom. The van der Waals surface area contributed by atoms with Crippen LogP contribution in [0.5, 0.6) is 5.75 Å². The van der Waals surface area contributed by atoms with Crippen LogP contribution in [0.25, 0.3) is 0 Å². The largest absolute Gasteiger partial charge is 0.494 e. The molecule has 3 rings (SSSR count). The van der Waals surface area contributed by atoms with Gasteiger partial charge in [-0.05, 0) is 62.6 Å². The van der Waals surface area contributed by atoms with E-state index in [-0.39, 0.29) is 18.0 Å². The third kappa shape index (κ3) is 5.03. The Bertz CT molecular complexity index is 812. The summed E-state index contributed by atoms with van der Waals surface area (Å²) in [6.07, 6.45) is 1.48. The van der Waals surface area contributed by atoms with Gasteiger partial charge in [-0.25, -0.2) is 4.79 Å². The Morgan fingerprint density at radius 2 is 1.75 bits per heavy atom. The minimum Gasteiger partial charge on any atom is -0.494 e. The fourth-order valence-electron chi connectivity index (χ4n) is 3.27. The molecule has 2 N–H and O–H groups in total. The van der Waals surface area contributed by atoms with E-state index in [0.29, 0.717) is 25.3 Å². The van der Waals surface area contributed by atoms with Crippen molar-refractivity contribution in [1.82, 2.24) is 10.2 Å². The van der Waals surface area contributed by atoms with Crippen LogP contribution in [0.4, 0.5) is 10.5 Å². The van der Waals surface area contributed by atoms with E-state index < -0.39 is 0 Å². The van der Waals surface area contributed by atoms with Gasteiger partial charge in [0.25, 0.3) is 5.91 Å². The molecule has 0 unspecified atom stereocenters. The zero-order valence-corrected chi connectivity index (χ0v) is 16.4. The molecule has 0 bridgehead atoms. The standard InChI is InChI=1S/C22H27N3O3/c1-3-28-19-10-8-17(9-11-19)21(26)23-18-12-14-25(15-13-18)22(27)24-20-7-5-4-6-16(20)2/h4-11,18H,3,12-15H2,1-2H3,(H,23,26)(H,24,27). The van der Waals surface area contributed by atoms with Gasteiger partial charge in [0.15, 0.2) is 0 Å². The molecule has 1 aliphatic heterocycles. The van der Waals surface area contributed by atoms with Crippen LogP contribution >= 0.6 is 0 Å². The summed E-state index contributed by atoms with van der Waals surface area (Å²) in [6.45, 7) is 5.73. The lowest BCUT2D eigenvalue weighted by molar-refractivity contribution is 0.0919. The van der Waals surface area contributed by atoms with E-state index in [1.54, 1.807) is 29.2 Å². The molecule has 1 saturated heterocycles. The molecule has 6 heteroatoms. The molecule has 1 aliphatic rings. The summed E-state index contributed by atoms with van der Waals surface area (Å²) in [6, 6.07) is 14.8. The van der Waals surface area contributed by atoms with Gasteiger partial charge in [-0.2, -0.15) is 0 Å². The molecular formula is C22H27N3O3. The van der Waals surface area contributed by atoms with Crippen LogP contribution in [0.2, 0.25) is 0 Å². The van der Waals surface area contributed by atoms with Crippen LogP contribution < -0.4 is 15.4 Å². The van der Waals surface area contributed by atoms with Crippen LogP contribution in [0.3, 0.4) is 0 Å². The lowest BCUT2D eigenvalue weighted by atomic mass is 10.0. The molecule has 1 heterocycles. The van der Waals surface area contributed by atoms with Crippen molar-refractivity contribution >= 4 is 17.6 Å². The van der Waals surface area contributed by atoms with E-state index in [1.165, 1.54) is 0 Å². The summed E-state index contributed by atoms with van der Waals surface area (Å²) in [7, 11) is 0. The molecule has 0 spiro atoms. The molecule has 28 heavy (non-hydrogen) atoms. The van der Waals surface area contributed by atoms with Crippen LogP contribution in [0.15, 0.2) is 48.5 Å². The van der Waals surface area contributed by atoms with Crippen molar-refractivity contribution in [2.24, 2.45) is 0 Å². The molecular weight excluding hydrogens is 354 g/mol. The van der Waals surface area contributed by atoms with E-state index in [0.717, 1.165) is 29.8 Å². The topological polar surface area (TPSA) is 70.7 Å². The molecule has 0 aliphatic carbocycles. The Morgan fingerprint density at radius 3 is 2.39 bits per heavy atom. The summed E-state index contributed by atoms with van der Waals surface area (Å²) in [5.74, 6) is 0.665. The van der Waals surface area contributed by atoms with Gasteiger partial charge in [-0.1, -0.05) is 18.2 Å². The van der Waals surface area contributed by atoms with Gasteiger partial charge in [0, 0.05) is 30.4 Å². The maximum absolute atomic E-state index is 12.5. The number of nitrogens with one attached hydrogen (secondary N) is 2. The zero-order valence-electron chi connectivity index (χ0n) is 16.4. The maximum atomic E-state index is 12.5. The minimum atomic E-state index is -0.0920. The summed E-state index contributed by atoms with van der Waals surface area (Å²) in [5.41, 5.74) is 2.48. The number of hydrogen-bond acceptors (Lipinski definition) is 3. The molecule has 148 valence electrons. The predicted molar refractivity (Wildman–Crippen MR) is 110 cm³/mol. The van der Waals surface area contributed by atoms with Crippen molar-refractivity contribution in [2.75, 3.05) is 25.0 Å². The molecule has 2 aromatic rings. The first kappa shape index (κ1) is 19.7. The van der Waals surface area contributed by atoms with Gasteiger partial charge < -0.3 is 20.3 Å². The number of nitrogens with zero attached hydrogens (tertiary/aromatic N) is 1. The molecule has 0 radical (unpaired) electrons. The van der Waals surface area contributed by atoms with Crippen LogP contribution in [0, 0.1) is 6.92 Å². The van der Waals surface area contributed by atoms with Crippen molar-refractivity contribution in [3.63, 3.8) is 0 Å². The number of benzene rings is 2. The van der Waals surface area contributed by atoms with Crippen LogP contribution in [-0.2, 0) is 0 Å². The number of likely N-dealkylation sites (tertiary alicyclic amines) is 1. The SMILES string of the molecule is CCOc1ccc(C(=O)NC2CCN(C(=O)Nc3ccccc3C)CC2)cc1. The highest BCUT2D eigenvalue weighted by Gasteiger charge is 2.24. The molecule has 3 amide bonds. The van der Waals surface area contributed by atoms with Crippen molar-refractivity contribution in [3.8, 4) is 5.75 Å². The number of ether oxygens (including phenoxy) is 1. The second-order valence-electron chi connectivity index (χ2n) is 6.94. The van der Waals surface area contributed by atoms with Crippen molar-refractivity contribution < 1.29 is 14.3 Å². The van der Waals surface area contributed by atoms with Crippen molar-refractivity contribution in [3.05, 3.63) is 59.7 Å². The van der Waals surface area contributed by atoms with Crippen LogP contribution in [-0.4, -0.2) is 42.6 Å². The molecule has 0 atom stereocenters. The highest BCUT2D eigenvalue weighted by Crippen LogP contribution is 2.17. The third-order valence-electron chi connectivity index (χ3n) is 4.93. The molecule has 2 aromatic carbocycles. The molecule has 6 nitrogen and oxygen atoms in total. The Kier molecular flexibility index (Phi) is 6.53. The van der Waals surface area contributed by atoms with Gasteiger partial charge in [0.05, 0.1) is 6.61 Å². The third-order valence-corrected chi connectivity index (χ3v) is 4.93. The Labute approximate surface area is 165 Å². The van der Waals surface area contributed by atoms with Gasteiger partial charge in [0.1, 0.15) is 5.75 Å². The predicted octanol–water partition coefficient (Wildman–Crippen LogP) is 3.82. The monoisotopic (exact) mass is 381 g/mol. The van der Waals surface area contributed by atoms with Gasteiger partial charge in [-0.15, -0.1) is 0 Å². The van der Waals surface area contributed by atoms with Gasteiger partial charge >= 0.3 is 6.03 Å². The average molecular weight is 381 g/mol. The van der Waals surface area contributed by atoms with Crippen molar-refractivity contribution in [1.29, 1.82) is 0 Å².